The molecule has 0 aliphatic carbocycles. The molecule has 4 fully saturated rings. The van der Waals surface area contributed by atoms with Gasteiger partial charge in [0, 0.05) is 0 Å². The highest BCUT2D eigenvalue weighted by atomic mass is 16.8. The van der Waals surface area contributed by atoms with Gasteiger partial charge in [-0.2, -0.15) is 0 Å². The fourth-order valence-electron chi connectivity index (χ4n) is 5.19. The van der Waals surface area contributed by atoms with Crippen LogP contribution < -0.4 is 0 Å². The van der Waals surface area contributed by atoms with Crippen molar-refractivity contribution in [2.45, 2.75) is 117 Å². The first kappa shape index (κ1) is 36.1. The number of ether oxygens (including phenoxy) is 7. The largest absolute Gasteiger partial charge is 0.479 e. The summed E-state index contributed by atoms with van der Waals surface area (Å²) in [6.07, 6.45) is -36.6. The SMILES string of the molecule is O=C(O)[C@H]1OC(O[C@H]2[C@H](O)[C@@H](O)C(O[C@H]3[C@H](O)[C@@H](O)C(OC[C@H]4OC(O)[C@H](O)[C@@H](O)[C@@H]4O)O[C@@H]3CO)O[C@@H]2C(=O)O)[C@H](O)[C@@H]1O. The molecule has 4 aliphatic rings. The van der Waals surface area contributed by atoms with Crippen molar-refractivity contribution in [2.75, 3.05) is 13.2 Å². The molecule has 22 heteroatoms. The lowest BCUT2D eigenvalue weighted by molar-refractivity contribution is -0.367. The predicted molar refractivity (Wildman–Crippen MR) is 129 cm³/mol. The number of hydrogen-bond acceptors (Lipinski definition) is 20. The molecular formula is C23H36O22. The monoisotopic (exact) mass is 664 g/mol. The Bertz CT molecular complexity index is 1020. The molecule has 0 aromatic rings. The van der Waals surface area contributed by atoms with Crippen LogP contribution in [0.2, 0.25) is 0 Å². The summed E-state index contributed by atoms with van der Waals surface area (Å²) in [4.78, 5) is 23.2. The quantitative estimate of drug-likeness (QED) is 0.103. The molecule has 0 amide bonds. The van der Waals surface area contributed by atoms with Gasteiger partial charge in [0.2, 0.25) is 0 Å². The standard InChI is InChI=1S/C23H36O22/c24-1-3-14(7(27)11(31)21(41-3)39-2-4-5(25)6(26)10(30)20(38)40-4)42-22-12(32)8(28)15(17(45-22)19(36)37)43-23-13(33)9(29)16(44-23)18(34)35/h3-17,20-33,38H,1-2H2,(H,34,35)(H,36,37)/t3-,4-,5-,6+,7-,8-,9+,10-,11-,12-,13-,14-,15+,16+,17+,20?,21?,22?,23?/m1/s1. The number of hydrogen-bond donors (Lipinski definition) is 13. The summed E-state index contributed by atoms with van der Waals surface area (Å²) in [7, 11) is 0. The van der Waals surface area contributed by atoms with Crippen LogP contribution in [0.25, 0.3) is 0 Å². The van der Waals surface area contributed by atoms with E-state index in [1.54, 1.807) is 0 Å². The lowest BCUT2D eigenvalue weighted by atomic mass is 9.96. The first-order valence-corrected chi connectivity index (χ1v) is 13.5. The van der Waals surface area contributed by atoms with Crippen LogP contribution in [0.5, 0.6) is 0 Å². The third-order valence-corrected chi connectivity index (χ3v) is 7.77. The Morgan fingerprint density at radius 2 is 1.02 bits per heavy atom. The van der Waals surface area contributed by atoms with Crippen molar-refractivity contribution in [1.29, 1.82) is 0 Å². The van der Waals surface area contributed by atoms with Crippen LogP contribution in [0, 0.1) is 0 Å². The minimum absolute atomic E-state index is 0.678. The maximum Gasteiger partial charge on any atom is 0.335 e. The minimum atomic E-state index is -2.21. The van der Waals surface area contributed by atoms with E-state index in [2.05, 4.69) is 0 Å². The van der Waals surface area contributed by atoms with Crippen LogP contribution in [0.4, 0.5) is 0 Å². The van der Waals surface area contributed by atoms with Crippen molar-refractivity contribution < 1.29 is 109 Å². The summed E-state index contributed by atoms with van der Waals surface area (Å²) >= 11 is 0. The molecule has 4 saturated heterocycles. The number of carboxylic acids is 2. The van der Waals surface area contributed by atoms with Crippen LogP contribution in [-0.2, 0) is 42.7 Å². The number of carboxylic acid groups (broad SMARTS) is 2. The first-order chi connectivity index (χ1) is 21.1. The fraction of sp³-hybridized carbons (Fsp3) is 0.913. The fourth-order valence-corrected chi connectivity index (χ4v) is 5.19. The molecule has 13 N–H and O–H groups in total. The second kappa shape index (κ2) is 14.5. The van der Waals surface area contributed by atoms with Gasteiger partial charge in [-0.15, -0.1) is 0 Å². The van der Waals surface area contributed by atoms with Crippen molar-refractivity contribution in [2.24, 2.45) is 0 Å². The number of rotatable bonds is 10. The third kappa shape index (κ3) is 7.23. The zero-order valence-electron chi connectivity index (χ0n) is 22.9. The highest BCUT2D eigenvalue weighted by Gasteiger charge is 2.56. The number of aliphatic hydroxyl groups excluding tert-OH is 11. The average molecular weight is 665 g/mol. The molecule has 19 atom stereocenters. The molecule has 22 nitrogen and oxygen atoms in total. The summed E-state index contributed by atoms with van der Waals surface area (Å²) in [6.45, 7) is -1.62. The molecule has 0 aromatic heterocycles. The maximum atomic E-state index is 12.0. The second-order valence-corrected chi connectivity index (χ2v) is 10.8. The molecule has 0 aromatic carbocycles. The van der Waals surface area contributed by atoms with Gasteiger partial charge in [-0.25, -0.2) is 9.59 Å². The van der Waals surface area contributed by atoms with Gasteiger partial charge in [0.05, 0.1) is 13.2 Å². The normalized spacial score (nSPS) is 50.8. The number of aliphatic carboxylic acids is 2. The Hall–Kier alpha value is -1.78. The van der Waals surface area contributed by atoms with Gasteiger partial charge in [-0.1, -0.05) is 0 Å². The summed E-state index contributed by atoms with van der Waals surface area (Å²) in [5.41, 5.74) is 0. The van der Waals surface area contributed by atoms with Gasteiger partial charge in [-0.3, -0.25) is 0 Å². The molecule has 0 bridgehead atoms. The topological polar surface area (TPSA) is 362 Å². The van der Waals surface area contributed by atoms with Gasteiger partial charge < -0.3 is 99.5 Å². The van der Waals surface area contributed by atoms with Crippen molar-refractivity contribution >= 4 is 11.9 Å². The van der Waals surface area contributed by atoms with Crippen LogP contribution in [-0.4, -0.2) is 208 Å². The predicted octanol–water partition coefficient (Wildman–Crippen LogP) is -8.93. The molecular weight excluding hydrogens is 628 g/mol. The van der Waals surface area contributed by atoms with Gasteiger partial charge in [-0.05, 0) is 0 Å². The molecule has 45 heavy (non-hydrogen) atoms. The Morgan fingerprint density at radius 3 is 1.58 bits per heavy atom. The van der Waals surface area contributed by atoms with Gasteiger partial charge >= 0.3 is 11.9 Å². The lowest BCUT2D eigenvalue weighted by Crippen LogP contribution is -2.66. The highest BCUT2D eigenvalue weighted by molar-refractivity contribution is 5.74. The first-order valence-electron chi connectivity index (χ1n) is 13.5. The second-order valence-electron chi connectivity index (χ2n) is 10.8. The molecule has 0 saturated carbocycles. The Kier molecular flexibility index (Phi) is 11.7. The van der Waals surface area contributed by atoms with E-state index in [-0.39, 0.29) is 0 Å². The van der Waals surface area contributed by atoms with Crippen molar-refractivity contribution in [3.8, 4) is 0 Å². The third-order valence-electron chi connectivity index (χ3n) is 7.77. The minimum Gasteiger partial charge on any atom is -0.479 e. The maximum absolute atomic E-state index is 12.0. The molecule has 0 radical (unpaired) electrons. The Morgan fingerprint density at radius 1 is 0.511 bits per heavy atom. The molecule has 260 valence electrons. The summed E-state index contributed by atoms with van der Waals surface area (Å²) < 4.78 is 36.4. The summed E-state index contributed by atoms with van der Waals surface area (Å²) in [6, 6.07) is 0. The Balaban J connectivity index is 1.41. The van der Waals surface area contributed by atoms with E-state index in [4.69, 9.17) is 38.3 Å². The van der Waals surface area contributed by atoms with E-state index < -0.39 is 142 Å². The van der Waals surface area contributed by atoms with Crippen molar-refractivity contribution in [1.82, 2.24) is 0 Å². The lowest BCUT2D eigenvalue weighted by Gasteiger charge is -2.46. The smallest absolute Gasteiger partial charge is 0.335 e. The number of aliphatic hydroxyl groups is 11. The van der Waals surface area contributed by atoms with Crippen molar-refractivity contribution in [3.63, 3.8) is 0 Å². The van der Waals surface area contributed by atoms with Crippen LogP contribution in [0.1, 0.15) is 0 Å². The summed E-state index contributed by atoms with van der Waals surface area (Å²) in [5.74, 6) is -3.50. The van der Waals surface area contributed by atoms with Crippen LogP contribution >= 0.6 is 0 Å². The zero-order chi connectivity index (χ0) is 33.5. The van der Waals surface area contributed by atoms with Gasteiger partial charge in [0.15, 0.2) is 37.4 Å². The number of carbonyl (C=O) groups is 2. The van der Waals surface area contributed by atoms with Crippen molar-refractivity contribution in [3.05, 3.63) is 0 Å². The van der Waals surface area contributed by atoms with E-state index in [1.165, 1.54) is 0 Å². The van der Waals surface area contributed by atoms with E-state index in [1.807, 2.05) is 0 Å². The highest BCUT2D eigenvalue weighted by Crippen LogP contribution is 2.33. The molecule has 4 unspecified atom stereocenters. The summed E-state index contributed by atoms with van der Waals surface area (Å²) in [5, 5.41) is 130. The van der Waals surface area contributed by atoms with Crippen LogP contribution in [0.3, 0.4) is 0 Å². The van der Waals surface area contributed by atoms with Gasteiger partial charge in [0.1, 0.15) is 79.4 Å². The van der Waals surface area contributed by atoms with E-state index in [0.29, 0.717) is 0 Å². The average Bonchev–Trinajstić information content (AvgIpc) is 3.28. The van der Waals surface area contributed by atoms with E-state index >= 15 is 0 Å². The van der Waals surface area contributed by atoms with Gasteiger partial charge in [0.25, 0.3) is 0 Å². The molecule has 4 heterocycles. The van der Waals surface area contributed by atoms with Crippen LogP contribution in [0.15, 0.2) is 0 Å². The molecule has 4 aliphatic heterocycles. The van der Waals surface area contributed by atoms with E-state index in [0.717, 1.165) is 0 Å². The molecule has 4 rings (SSSR count). The van der Waals surface area contributed by atoms with E-state index in [9.17, 15) is 70.9 Å². The molecule has 0 spiro atoms. The zero-order valence-corrected chi connectivity index (χ0v) is 22.9. The Labute approximate surface area is 251 Å².